The van der Waals surface area contributed by atoms with Crippen LogP contribution in [0.15, 0.2) is 30.6 Å². The first kappa shape index (κ1) is 24.9. The van der Waals surface area contributed by atoms with Crippen LogP contribution in [0.2, 0.25) is 0 Å². The molecule has 1 saturated carbocycles. The van der Waals surface area contributed by atoms with Crippen molar-refractivity contribution in [3.8, 4) is 11.5 Å². The standard InChI is InChI=1S/C27H32F3N3O3/c1-17-7-20-9-23(35-2)21(10-24(20)36-17)15-33-6-5-26(16-33,11-18-3-4-18)25(34)32-13-19-8-22(14-31-12-19)27(28,29)30/h8-10,12,14,17-18H,3-7,11,13,15-16H2,1-2H3,(H,32,34). The Morgan fingerprint density at radius 3 is 2.81 bits per heavy atom. The molecule has 2 atom stereocenters. The van der Waals surface area contributed by atoms with Gasteiger partial charge in [0.05, 0.1) is 18.1 Å². The van der Waals surface area contributed by atoms with E-state index in [1.807, 2.05) is 6.92 Å². The van der Waals surface area contributed by atoms with E-state index in [-0.39, 0.29) is 18.6 Å². The summed E-state index contributed by atoms with van der Waals surface area (Å²) < 4.78 is 50.7. The molecule has 194 valence electrons. The number of benzene rings is 1. The fourth-order valence-electron chi connectivity index (χ4n) is 5.56. The molecular formula is C27H32F3N3O3. The zero-order valence-corrected chi connectivity index (χ0v) is 20.7. The number of likely N-dealkylation sites (tertiary alicyclic amines) is 1. The molecule has 6 nitrogen and oxygen atoms in total. The average Bonchev–Trinajstić information content (AvgIpc) is 3.43. The number of carbonyl (C=O) groups is 1. The van der Waals surface area contributed by atoms with Crippen LogP contribution in [-0.4, -0.2) is 42.1 Å². The third kappa shape index (κ3) is 5.31. The lowest BCUT2D eigenvalue weighted by Crippen LogP contribution is -2.43. The van der Waals surface area contributed by atoms with E-state index in [0.29, 0.717) is 24.6 Å². The van der Waals surface area contributed by atoms with Crippen LogP contribution in [-0.2, 0) is 30.5 Å². The Morgan fingerprint density at radius 2 is 2.08 bits per heavy atom. The van der Waals surface area contributed by atoms with E-state index >= 15 is 0 Å². The molecular weight excluding hydrogens is 471 g/mol. The largest absolute Gasteiger partial charge is 0.496 e. The summed E-state index contributed by atoms with van der Waals surface area (Å²) in [5.41, 5.74) is 1.16. The highest BCUT2D eigenvalue weighted by Gasteiger charge is 2.47. The number of halogens is 3. The van der Waals surface area contributed by atoms with Gasteiger partial charge in [0.1, 0.15) is 17.6 Å². The van der Waals surface area contributed by atoms with Gasteiger partial charge >= 0.3 is 6.18 Å². The van der Waals surface area contributed by atoms with Crippen molar-refractivity contribution in [2.45, 2.75) is 64.4 Å². The highest BCUT2D eigenvalue weighted by Crippen LogP contribution is 2.46. The number of nitrogens with zero attached hydrogens (tertiary/aromatic N) is 2. The number of methoxy groups -OCH3 is 1. The molecule has 2 fully saturated rings. The Kier molecular flexibility index (Phi) is 6.61. The first-order chi connectivity index (χ1) is 17.1. The molecule has 1 N–H and O–H groups in total. The van der Waals surface area contributed by atoms with Crippen LogP contribution in [0.3, 0.4) is 0 Å². The molecule has 1 aromatic heterocycles. The predicted octanol–water partition coefficient (Wildman–Crippen LogP) is 4.74. The van der Waals surface area contributed by atoms with Crippen molar-refractivity contribution < 1.29 is 27.4 Å². The Hall–Kier alpha value is -2.81. The fraction of sp³-hybridized carbons (Fsp3) is 0.556. The Labute approximate surface area is 209 Å². The number of fused-ring (bicyclic) bond motifs is 1. The summed E-state index contributed by atoms with van der Waals surface area (Å²) in [6.45, 7) is 4.09. The first-order valence-electron chi connectivity index (χ1n) is 12.5. The second kappa shape index (κ2) is 9.57. The number of rotatable bonds is 8. The minimum absolute atomic E-state index is 0.0241. The van der Waals surface area contributed by atoms with Crippen molar-refractivity contribution in [1.82, 2.24) is 15.2 Å². The van der Waals surface area contributed by atoms with Crippen LogP contribution in [0, 0.1) is 11.3 Å². The number of ether oxygens (including phenoxy) is 2. The molecule has 2 aromatic rings. The van der Waals surface area contributed by atoms with Crippen molar-refractivity contribution in [2.75, 3.05) is 20.2 Å². The van der Waals surface area contributed by atoms with E-state index in [0.717, 1.165) is 73.5 Å². The van der Waals surface area contributed by atoms with Crippen molar-refractivity contribution in [3.05, 3.63) is 52.8 Å². The van der Waals surface area contributed by atoms with Crippen LogP contribution in [0.1, 0.15) is 54.9 Å². The normalized spacial score (nSPS) is 23.9. The number of carbonyl (C=O) groups excluding carboxylic acids is 1. The molecule has 9 heteroatoms. The van der Waals surface area contributed by atoms with E-state index in [2.05, 4.69) is 27.3 Å². The number of pyridine rings is 1. The number of hydrogen-bond donors (Lipinski definition) is 1. The van der Waals surface area contributed by atoms with E-state index < -0.39 is 17.2 Å². The minimum atomic E-state index is -4.46. The fourth-order valence-corrected chi connectivity index (χ4v) is 5.56. The van der Waals surface area contributed by atoms with E-state index in [4.69, 9.17) is 9.47 Å². The van der Waals surface area contributed by atoms with Gasteiger partial charge in [0.25, 0.3) is 0 Å². The molecule has 0 spiro atoms. The van der Waals surface area contributed by atoms with Crippen LogP contribution < -0.4 is 14.8 Å². The molecule has 36 heavy (non-hydrogen) atoms. The van der Waals surface area contributed by atoms with Gasteiger partial charge < -0.3 is 14.8 Å². The van der Waals surface area contributed by atoms with Gasteiger partial charge in [-0.25, -0.2) is 0 Å². The van der Waals surface area contributed by atoms with Crippen LogP contribution >= 0.6 is 0 Å². The molecule has 1 saturated heterocycles. The molecule has 2 aliphatic heterocycles. The van der Waals surface area contributed by atoms with Gasteiger partial charge in [0.2, 0.25) is 5.91 Å². The summed E-state index contributed by atoms with van der Waals surface area (Å²) in [6, 6.07) is 5.15. The van der Waals surface area contributed by atoms with Gasteiger partial charge in [-0.05, 0) is 56.0 Å². The van der Waals surface area contributed by atoms with Gasteiger partial charge in [-0.2, -0.15) is 13.2 Å². The van der Waals surface area contributed by atoms with Gasteiger partial charge in [0.15, 0.2) is 0 Å². The molecule has 0 bridgehead atoms. The molecule has 3 heterocycles. The second-order valence-corrected chi connectivity index (χ2v) is 10.6. The number of hydrogen-bond acceptors (Lipinski definition) is 5. The summed E-state index contributed by atoms with van der Waals surface area (Å²) >= 11 is 0. The highest BCUT2D eigenvalue weighted by atomic mass is 19.4. The Morgan fingerprint density at radius 1 is 1.28 bits per heavy atom. The van der Waals surface area contributed by atoms with Crippen molar-refractivity contribution in [3.63, 3.8) is 0 Å². The molecule has 3 aliphatic rings. The van der Waals surface area contributed by atoms with Crippen molar-refractivity contribution >= 4 is 5.91 Å². The topological polar surface area (TPSA) is 63.7 Å². The lowest BCUT2D eigenvalue weighted by Gasteiger charge is -2.29. The smallest absolute Gasteiger partial charge is 0.417 e. The minimum Gasteiger partial charge on any atom is -0.496 e. The molecule has 0 radical (unpaired) electrons. The number of amides is 1. The maximum absolute atomic E-state index is 13.5. The van der Waals surface area contributed by atoms with Crippen LogP contribution in [0.5, 0.6) is 11.5 Å². The first-order valence-corrected chi connectivity index (χ1v) is 12.5. The zero-order chi connectivity index (χ0) is 25.5. The summed E-state index contributed by atoms with van der Waals surface area (Å²) in [4.78, 5) is 19.5. The summed E-state index contributed by atoms with van der Waals surface area (Å²) in [5.74, 6) is 2.17. The maximum atomic E-state index is 13.5. The molecule has 5 rings (SSSR count). The second-order valence-electron chi connectivity index (χ2n) is 10.6. The molecule has 1 aromatic carbocycles. The molecule has 1 aliphatic carbocycles. The zero-order valence-electron chi connectivity index (χ0n) is 20.7. The lowest BCUT2D eigenvalue weighted by molar-refractivity contribution is -0.137. The molecule has 1 amide bonds. The van der Waals surface area contributed by atoms with E-state index in [1.165, 1.54) is 6.20 Å². The predicted molar refractivity (Wildman–Crippen MR) is 128 cm³/mol. The summed E-state index contributed by atoms with van der Waals surface area (Å²) in [5, 5.41) is 2.92. The maximum Gasteiger partial charge on any atom is 0.417 e. The number of alkyl halides is 3. The lowest BCUT2D eigenvalue weighted by atomic mass is 9.80. The quantitative estimate of drug-likeness (QED) is 0.564. The molecule has 2 unspecified atom stereocenters. The van der Waals surface area contributed by atoms with E-state index in [9.17, 15) is 18.0 Å². The Bertz CT molecular complexity index is 1130. The average molecular weight is 504 g/mol. The number of aromatic nitrogens is 1. The van der Waals surface area contributed by atoms with Gasteiger partial charge in [0, 0.05) is 49.6 Å². The summed E-state index contributed by atoms with van der Waals surface area (Å²) in [7, 11) is 1.67. The van der Waals surface area contributed by atoms with Crippen molar-refractivity contribution in [2.24, 2.45) is 11.3 Å². The monoisotopic (exact) mass is 503 g/mol. The van der Waals surface area contributed by atoms with Gasteiger partial charge in [-0.1, -0.05) is 12.8 Å². The highest BCUT2D eigenvalue weighted by molar-refractivity contribution is 5.83. The van der Waals surface area contributed by atoms with Gasteiger partial charge in [-0.3, -0.25) is 14.7 Å². The number of nitrogens with one attached hydrogen (secondary N) is 1. The van der Waals surface area contributed by atoms with Crippen LogP contribution in [0.4, 0.5) is 13.2 Å². The van der Waals surface area contributed by atoms with Gasteiger partial charge in [-0.15, -0.1) is 0 Å². The van der Waals surface area contributed by atoms with Crippen LogP contribution in [0.25, 0.3) is 0 Å². The van der Waals surface area contributed by atoms with E-state index in [1.54, 1.807) is 7.11 Å². The third-order valence-corrected chi connectivity index (χ3v) is 7.56. The third-order valence-electron chi connectivity index (χ3n) is 7.56. The Balaban J connectivity index is 1.28. The van der Waals surface area contributed by atoms with Crippen molar-refractivity contribution in [1.29, 1.82) is 0 Å². The SMILES string of the molecule is COc1cc2c(cc1CN1CCC(CC3CC3)(C(=O)NCc3cncc(C(F)(F)F)c3)C1)OC(C)C2. The summed E-state index contributed by atoms with van der Waals surface area (Å²) in [6.07, 6.45) is 2.49.